The van der Waals surface area contributed by atoms with Gasteiger partial charge in [0, 0.05) is 18.5 Å². The maximum atomic E-state index is 9.53. The van der Waals surface area contributed by atoms with E-state index in [2.05, 4.69) is 25.2 Å². The fourth-order valence-electron chi connectivity index (χ4n) is 2.36. The van der Waals surface area contributed by atoms with Crippen molar-refractivity contribution < 1.29 is 4.74 Å². The Labute approximate surface area is 109 Å². The van der Waals surface area contributed by atoms with Crippen LogP contribution in [0.5, 0.6) is 0 Å². The van der Waals surface area contributed by atoms with Crippen LogP contribution in [0.1, 0.15) is 26.7 Å². The molecule has 2 rings (SSSR count). The third kappa shape index (κ3) is 2.83. The molecule has 1 aromatic carbocycles. The van der Waals surface area contributed by atoms with Gasteiger partial charge in [0.2, 0.25) is 0 Å². The monoisotopic (exact) mass is 244 g/mol. The number of nitrogens with one attached hydrogen (secondary N) is 1. The number of anilines is 1. The van der Waals surface area contributed by atoms with Gasteiger partial charge in [-0.05, 0) is 18.1 Å². The molecule has 0 aliphatic carbocycles. The lowest BCUT2D eigenvalue weighted by Gasteiger charge is -2.38. The van der Waals surface area contributed by atoms with Gasteiger partial charge in [-0.15, -0.1) is 0 Å². The molecule has 3 heteroatoms. The van der Waals surface area contributed by atoms with Gasteiger partial charge in [0.15, 0.2) is 0 Å². The second-order valence-corrected chi connectivity index (χ2v) is 5.29. The summed E-state index contributed by atoms with van der Waals surface area (Å²) in [5.41, 5.74) is 0.512. The molecule has 0 saturated carbocycles. The average Bonchev–Trinajstić information content (AvgIpc) is 2.40. The van der Waals surface area contributed by atoms with Crippen LogP contribution < -0.4 is 5.32 Å². The summed E-state index contributed by atoms with van der Waals surface area (Å²) in [6, 6.07) is 12.4. The number of hydrogen-bond acceptors (Lipinski definition) is 3. The van der Waals surface area contributed by atoms with Gasteiger partial charge in [-0.1, -0.05) is 32.0 Å². The summed E-state index contributed by atoms with van der Waals surface area (Å²) in [5.74, 6) is 0.440. The fraction of sp³-hybridized carbons (Fsp3) is 0.533. The Hall–Kier alpha value is -1.53. The molecule has 2 unspecified atom stereocenters. The largest absolute Gasteiger partial charge is 0.378 e. The lowest BCUT2D eigenvalue weighted by molar-refractivity contribution is -0.0272. The van der Waals surface area contributed by atoms with Crippen LogP contribution in [0, 0.1) is 17.2 Å². The molecule has 0 aromatic heterocycles. The first-order chi connectivity index (χ1) is 8.65. The van der Waals surface area contributed by atoms with Crippen LogP contribution in [0.4, 0.5) is 5.69 Å². The summed E-state index contributed by atoms with van der Waals surface area (Å²) in [7, 11) is 0. The molecule has 1 aliphatic heterocycles. The zero-order valence-corrected chi connectivity index (χ0v) is 11.0. The summed E-state index contributed by atoms with van der Waals surface area (Å²) in [6.45, 7) is 4.93. The molecule has 1 saturated heterocycles. The number of nitrogens with zero attached hydrogens (tertiary/aromatic N) is 1. The predicted octanol–water partition coefficient (Wildman–Crippen LogP) is 3.20. The molecule has 0 amide bonds. The van der Waals surface area contributed by atoms with Crippen molar-refractivity contribution >= 4 is 5.69 Å². The standard InChI is InChI=1S/C15H20N2O/c1-12(2)14-10-15(11-16,8-9-18-14)17-13-6-4-3-5-7-13/h3-7,12,14,17H,8-10H2,1-2H3. The second kappa shape index (κ2) is 5.41. The molecular weight excluding hydrogens is 224 g/mol. The maximum absolute atomic E-state index is 9.53. The molecule has 1 aliphatic rings. The van der Waals surface area contributed by atoms with E-state index in [-0.39, 0.29) is 6.10 Å². The first-order valence-electron chi connectivity index (χ1n) is 6.51. The van der Waals surface area contributed by atoms with Crippen molar-refractivity contribution in [3.63, 3.8) is 0 Å². The Kier molecular flexibility index (Phi) is 3.88. The van der Waals surface area contributed by atoms with E-state index in [1.54, 1.807) is 0 Å². The zero-order chi connectivity index (χ0) is 13.0. The Balaban J connectivity index is 2.13. The Morgan fingerprint density at radius 3 is 2.72 bits per heavy atom. The quantitative estimate of drug-likeness (QED) is 0.888. The topological polar surface area (TPSA) is 45.0 Å². The molecule has 0 spiro atoms. The molecule has 1 N–H and O–H groups in total. The van der Waals surface area contributed by atoms with Crippen LogP contribution in [0.2, 0.25) is 0 Å². The number of hydrogen-bond donors (Lipinski definition) is 1. The Morgan fingerprint density at radius 1 is 1.39 bits per heavy atom. The third-order valence-corrected chi connectivity index (χ3v) is 3.53. The SMILES string of the molecule is CC(C)C1CC(C#N)(Nc2ccccc2)CCO1. The molecule has 2 atom stereocenters. The highest BCUT2D eigenvalue weighted by atomic mass is 16.5. The van der Waals surface area contributed by atoms with Crippen LogP contribution in [0.15, 0.2) is 30.3 Å². The van der Waals surface area contributed by atoms with Crippen LogP contribution in [0.3, 0.4) is 0 Å². The van der Waals surface area contributed by atoms with Crippen LogP contribution in [-0.4, -0.2) is 18.2 Å². The van der Waals surface area contributed by atoms with Gasteiger partial charge in [-0.2, -0.15) is 5.26 Å². The van der Waals surface area contributed by atoms with E-state index in [1.807, 2.05) is 30.3 Å². The highest BCUT2D eigenvalue weighted by Gasteiger charge is 2.38. The Bertz CT molecular complexity index is 424. The minimum absolute atomic E-state index is 0.162. The van der Waals surface area contributed by atoms with E-state index in [0.29, 0.717) is 12.5 Å². The molecule has 0 radical (unpaired) electrons. The summed E-state index contributed by atoms with van der Waals surface area (Å²) in [5, 5.41) is 12.9. The summed E-state index contributed by atoms with van der Waals surface area (Å²) >= 11 is 0. The minimum atomic E-state index is -0.492. The molecule has 1 heterocycles. The molecule has 18 heavy (non-hydrogen) atoms. The van der Waals surface area contributed by atoms with Crippen LogP contribution in [-0.2, 0) is 4.74 Å². The van der Waals surface area contributed by atoms with Crippen LogP contribution >= 0.6 is 0 Å². The molecule has 1 aromatic rings. The first kappa shape index (κ1) is 12.9. The number of ether oxygens (including phenoxy) is 1. The van der Waals surface area contributed by atoms with E-state index in [4.69, 9.17) is 4.74 Å². The Morgan fingerprint density at radius 2 is 2.11 bits per heavy atom. The smallest absolute Gasteiger partial charge is 0.130 e. The molecule has 0 bridgehead atoms. The van der Waals surface area contributed by atoms with Gasteiger partial charge in [0.05, 0.1) is 18.8 Å². The van der Waals surface area contributed by atoms with E-state index >= 15 is 0 Å². The van der Waals surface area contributed by atoms with Gasteiger partial charge in [-0.3, -0.25) is 0 Å². The molecule has 1 fully saturated rings. The van der Waals surface area contributed by atoms with E-state index in [9.17, 15) is 5.26 Å². The van der Waals surface area contributed by atoms with Gasteiger partial charge >= 0.3 is 0 Å². The van der Waals surface area contributed by atoms with Crippen molar-refractivity contribution in [1.29, 1.82) is 5.26 Å². The summed E-state index contributed by atoms with van der Waals surface area (Å²) < 4.78 is 5.74. The van der Waals surface area contributed by atoms with Crippen molar-refractivity contribution in [3.8, 4) is 6.07 Å². The molecule has 3 nitrogen and oxygen atoms in total. The highest BCUT2D eigenvalue weighted by Crippen LogP contribution is 2.31. The van der Waals surface area contributed by atoms with Gasteiger partial charge < -0.3 is 10.1 Å². The van der Waals surface area contributed by atoms with E-state index in [0.717, 1.165) is 18.5 Å². The van der Waals surface area contributed by atoms with Crippen molar-refractivity contribution in [2.24, 2.45) is 5.92 Å². The van der Waals surface area contributed by atoms with E-state index < -0.39 is 5.54 Å². The van der Waals surface area contributed by atoms with Gasteiger partial charge in [0.25, 0.3) is 0 Å². The number of benzene rings is 1. The third-order valence-electron chi connectivity index (χ3n) is 3.53. The van der Waals surface area contributed by atoms with Gasteiger partial charge in [-0.25, -0.2) is 0 Å². The van der Waals surface area contributed by atoms with Crippen molar-refractivity contribution in [2.45, 2.75) is 38.3 Å². The van der Waals surface area contributed by atoms with E-state index in [1.165, 1.54) is 0 Å². The normalized spacial score (nSPS) is 27.8. The predicted molar refractivity (Wildman–Crippen MR) is 72.2 cm³/mol. The van der Waals surface area contributed by atoms with Crippen molar-refractivity contribution in [1.82, 2.24) is 0 Å². The van der Waals surface area contributed by atoms with Gasteiger partial charge in [0.1, 0.15) is 5.54 Å². The minimum Gasteiger partial charge on any atom is -0.378 e. The maximum Gasteiger partial charge on any atom is 0.130 e. The summed E-state index contributed by atoms with van der Waals surface area (Å²) in [6.07, 6.45) is 1.65. The number of nitriles is 1. The number of para-hydroxylation sites is 1. The lowest BCUT2D eigenvalue weighted by atomic mass is 9.84. The second-order valence-electron chi connectivity index (χ2n) is 5.29. The first-order valence-corrected chi connectivity index (χ1v) is 6.51. The molecule has 96 valence electrons. The zero-order valence-electron chi connectivity index (χ0n) is 11.0. The number of rotatable bonds is 3. The van der Waals surface area contributed by atoms with Crippen LogP contribution in [0.25, 0.3) is 0 Å². The van der Waals surface area contributed by atoms with Crippen molar-refractivity contribution in [3.05, 3.63) is 30.3 Å². The summed E-state index contributed by atoms with van der Waals surface area (Å²) in [4.78, 5) is 0. The highest BCUT2D eigenvalue weighted by molar-refractivity contribution is 5.47. The average molecular weight is 244 g/mol. The fourth-order valence-corrected chi connectivity index (χ4v) is 2.36. The van der Waals surface area contributed by atoms with Crippen molar-refractivity contribution in [2.75, 3.05) is 11.9 Å². The molecular formula is C15H20N2O. The lowest BCUT2D eigenvalue weighted by Crippen LogP contribution is -2.47.